The number of esters is 1. The number of fused-ring (bicyclic) bond motifs is 1. The Labute approximate surface area is 183 Å². The number of carbonyl (C=O) groups is 2. The number of allylic oxidation sites excluding steroid dienone is 3. The zero-order valence-corrected chi connectivity index (χ0v) is 18.8. The van der Waals surface area contributed by atoms with Gasteiger partial charge in [0.1, 0.15) is 17.1 Å². The summed E-state index contributed by atoms with van der Waals surface area (Å²) < 4.78 is 11.1. The fourth-order valence-corrected chi connectivity index (χ4v) is 4.56. The molecule has 168 valence electrons. The van der Waals surface area contributed by atoms with E-state index in [0.29, 0.717) is 17.5 Å². The lowest BCUT2D eigenvalue weighted by molar-refractivity contribution is -0.193. The van der Waals surface area contributed by atoms with Gasteiger partial charge in [-0.25, -0.2) is 9.59 Å². The third kappa shape index (κ3) is 4.34. The van der Waals surface area contributed by atoms with Crippen LogP contribution in [0, 0.1) is 5.92 Å². The summed E-state index contributed by atoms with van der Waals surface area (Å²) in [7, 11) is 0. The topological polar surface area (TPSA) is 93.1 Å². The van der Waals surface area contributed by atoms with E-state index in [2.05, 4.69) is 19.6 Å². The van der Waals surface area contributed by atoms with E-state index in [4.69, 9.17) is 9.47 Å². The quantitative estimate of drug-likeness (QED) is 0.339. The first-order valence-corrected chi connectivity index (χ1v) is 11.0. The highest BCUT2D eigenvalue weighted by atomic mass is 16.7. The molecule has 2 N–H and O–H groups in total. The molecule has 31 heavy (non-hydrogen) atoms. The van der Waals surface area contributed by atoms with Crippen molar-refractivity contribution in [3.05, 3.63) is 46.6 Å². The Morgan fingerprint density at radius 3 is 2.65 bits per heavy atom. The van der Waals surface area contributed by atoms with Gasteiger partial charge < -0.3 is 19.7 Å². The fraction of sp³-hybridized carbons (Fsp3) is 0.520. The van der Waals surface area contributed by atoms with Crippen LogP contribution in [-0.4, -0.2) is 27.9 Å². The molecule has 1 aromatic carbocycles. The van der Waals surface area contributed by atoms with E-state index in [0.717, 1.165) is 37.7 Å². The van der Waals surface area contributed by atoms with Crippen LogP contribution in [0.25, 0.3) is 0 Å². The maximum Gasteiger partial charge on any atom is 0.390 e. The van der Waals surface area contributed by atoms with Crippen LogP contribution in [0.3, 0.4) is 0 Å². The standard InChI is InChI=1S/C25H32O6/c1-6-7-8-9-16-13-19(26)21(18-12-15(4)10-11-17(18)14(2)3)22-20(16)23(27)31-25(5,30-22)24(28)29/h12-13,17-18,26H,2,6-11H2,1,3-5H3,(H,28,29). The lowest BCUT2D eigenvalue weighted by Gasteiger charge is -2.37. The minimum absolute atomic E-state index is 0.00915. The number of rotatable bonds is 7. The monoisotopic (exact) mass is 428 g/mol. The Morgan fingerprint density at radius 2 is 2.03 bits per heavy atom. The molecule has 1 heterocycles. The van der Waals surface area contributed by atoms with Crippen molar-refractivity contribution in [2.24, 2.45) is 5.92 Å². The average Bonchev–Trinajstić information content (AvgIpc) is 2.67. The van der Waals surface area contributed by atoms with Gasteiger partial charge in [0.2, 0.25) is 0 Å². The second kappa shape index (κ2) is 8.77. The molecular weight excluding hydrogens is 396 g/mol. The zero-order chi connectivity index (χ0) is 22.9. The molecular formula is C25H32O6. The van der Waals surface area contributed by atoms with Crippen molar-refractivity contribution in [2.45, 2.75) is 77.9 Å². The Bertz CT molecular complexity index is 944. The number of hydrogen-bond acceptors (Lipinski definition) is 5. The van der Waals surface area contributed by atoms with E-state index < -0.39 is 17.7 Å². The highest BCUT2D eigenvalue weighted by molar-refractivity contribution is 5.99. The lowest BCUT2D eigenvalue weighted by Crippen LogP contribution is -2.49. The van der Waals surface area contributed by atoms with Gasteiger partial charge in [0, 0.05) is 18.4 Å². The van der Waals surface area contributed by atoms with Gasteiger partial charge in [-0.3, -0.25) is 0 Å². The van der Waals surface area contributed by atoms with Gasteiger partial charge in [-0.1, -0.05) is 43.6 Å². The Hall–Kier alpha value is -2.76. The van der Waals surface area contributed by atoms with Gasteiger partial charge >= 0.3 is 17.7 Å². The first-order chi connectivity index (χ1) is 14.6. The summed E-state index contributed by atoms with van der Waals surface area (Å²) in [6, 6.07) is 1.62. The summed E-state index contributed by atoms with van der Waals surface area (Å²) in [5.74, 6) is -4.39. The summed E-state index contributed by atoms with van der Waals surface area (Å²) in [5.41, 5.74) is 3.41. The smallest absolute Gasteiger partial charge is 0.390 e. The SMILES string of the molecule is C=C(C)C1CCC(C)=CC1c1c(O)cc(CCCCC)c2c1OC(C)(C(=O)O)OC2=O. The molecule has 6 nitrogen and oxygen atoms in total. The van der Waals surface area contributed by atoms with Crippen molar-refractivity contribution in [1.29, 1.82) is 0 Å². The van der Waals surface area contributed by atoms with Gasteiger partial charge in [-0.05, 0) is 57.1 Å². The first-order valence-electron chi connectivity index (χ1n) is 11.0. The number of ether oxygens (including phenoxy) is 2. The summed E-state index contributed by atoms with van der Waals surface area (Å²) in [6.45, 7) is 11.4. The van der Waals surface area contributed by atoms with E-state index in [9.17, 15) is 19.8 Å². The summed E-state index contributed by atoms with van der Waals surface area (Å²) in [6.07, 6.45) is 7.23. The number of phenolic OH excluding ortho intramolecular Hbond substituents is 1. The van der Waals surface area contributed by atoms with E-state index in [1.54, 1.807) is 6.07 Å². The molecule has 0 saturated heterocycles. The predicted molar refractivity (Wildman–Crippen MR) is 117 cm³/mol. The third-order valence-electron chi connectivity index (χ3n) is 6.32. The molecule has 6 heteroatoms. The van der Waals surface area contributed by atoms with Crippen LogP contribution in [0.2, 0.25) is 0 Å². The number of unbranched alkanes of at least 4 members (excludes halogenated alkanes) is 2. The van der Waals surface area contributed by atoms with E-state index >= 15 is 0 Å². The van der Waals surface area contributed by atoms with Crippen LogP contribution in [0.15, 0.2) is 29.9 Å². The Balaban J connectivity index is 2.24. The molecule has 0 bridgehead atoms. The van der Waals surface area contributed by atoms with Crippen molar-refractivity contribution >= 4 is 11.9 Å². The minimum Gasteiger partial charge on any atom is -0.507 e. The number of hydrogen-bond donors (Lipinski definition) is 2. The molecule has 0 fully saturated rings. The van der Waals surface area contributed by atoms with Crippen LogP contribution < -0.4 is 4.74 Å². The first kappa shape index (κ1) is 22.9. The van der Waals surface area contributed by atoms with Crippen molar-refractivity contribution in [3.63, 3.8) is 0 Å². The van der Waals surface area contributed by atoms with Crippen molar-refractivity contribution in [1.82, 2.24) is 0 Å². The predicted octanol–water partition coefficient (Wildman–Crippen LogP) is 5.49. The Morgan fingerprint density at radius 1 is 1.32 bits per heavy atom. The van der Waals surface area contributed by atoms with Crippen molar-refractivity contribution < 1.29 is 29.3 Å². The van der Waals surface area contributed by atoms with Gasteiger partial charge in [-0.15, -0.1) is 0 Å². The Kier molecular flexibility index (Phi) is 6.48. The van der Waals surface area contributed by atoms with Gasteiger partial charge in [0.25, 0.3) is 0 Å². The molecule has 0 amide bonds. The number of benzene rings is 1. The van der Waals surface area contributed by atoms with Gasteiger partial charge in [0.05, 0.1) is 0 Å². The van der Waals surface area contributed by atoms with E-state index in [1.165, 1.54) is 12.5 Å². The zero-order valence-electron chi connectivity index (χ0n) is 18.8. The highest BCUT2D eigenvalue weighted by Crippen LogP contribution is 2.50. The molecule has 0 saturated carbocycles. The summed E-state index contributed by atoms with van der Waals surface area (Å²) in [5, 5.41) is 20.7. The number of cyclic esters (lactones) is 1. The van der Waals surface area contributed by atoms with Crippen molar-refractivity contribution in [2.75, 3.05) is 0 Å². The summed E-state index contributed by atoms with van der Waals surface area (Å²) >= 11 is 0. The van der Waals surface area contributed by atoms with Gasteiger partial charge in [-0.2, -0.15) is 0 Å². The van der Waals surface area contributed by atoms with E-state index in [1.807, 2.05) is 13.8 Å². The lowest BCUT2D eigenvalue weighted by atomic mass is 9.73. The molecule has 3 unspecified atom stereocenters. The highest BCUT2D eigenvalue weighted by Gasteiger charge is 2.48. The normalized spacial score (nSPS) is 25.2. The van der Waals surface area contributed by atoms with Crippen LogP contribution in [0.4, 0.5) is 0 Å². The number of aryl methyl sites for hydroxylation is 1. The number of aliphatic carboxylic acids is 1. The fourth-order valence-electron chi connectivity index (χ4n) is 4.56. The molecule has 1 aliphatic heterocycles. The van der Waals surface area contributed by atoms with Crippen LogP contribution >= 0.6 is 0 Å². The second-order valence-corrected chi connectivity index (χ2v) is 8.90. The van der Waals surface area contributed by atoms with Crippen molar-refractivity contribution in [3.8, 4) is 11.5 Å². The number of carboxylic acid groups (broad SMARTS) is 1. The maximum atomic E-state index is 13.0. The average molecular weight is 429 g/mol. The van der Waals surface area contributed by atoms with Gasteiger partial charge in [0.15, 0.2) is 0 Å². The molecule has 3 atom stereocenters. The molecule has 1 aromatic rings. The number of phenols is 1. The second-order valence-electron chi connectivity index (χ2n) is 8.90. The molecule has 0 spiro atoms. The van der Waals surface area contributed by atoms with Crippen LogP contribution in [0.1, 0.15) is 87.2 Å². The number of aromatic hydroxyl groups is 1. The maximum absolute atomic E-state index is 13.0. The summed E-state index contributed by atoms with van der Waals surface area (Å²) in [4.78, 5) is 24.8. The van der Waals surface area contributed by atoms with Crippen LogP contribution in [-0.2, 0) is 16.0 Å². The number of carboxylic acids is 1. The van der Waals surface area contributed by atoms with E-state index in [-0.39, 0.29) is 28.9 Å². The third-order valence-corrected chi connectivity index (χ3v) is 6.32. The molecule has 1 aliphatic carbocycles. The van der Waals surface area contributed by atoms with Crippen LogP contribution in [0.5, 0.6) is 11.5 Å². The molecule has 3 rings (SSSR count). The largest absolute Gasteiger partial charge is 0.507 e. The molecule has 0 aromatic heterocycles. The minimum atomic E-state index is -2.15. The molecule has 2 aliphatic rings. The number of carbonyl (C=O) groups excluding carboxylic acids is 1. The molecule has 0 radical (unpaired) electrons.